The third kappa shape index (κ3) is 2.11. The van der Waals surface area contributed by atoms with Gasteiger partial charge in [-0.15, -0.1) is 0 Å². The molecule has 0 saturated heterocycles. The fourth-order valence-electron chi connectivity index (χ4n) is 0.911. The summed E-state index contributed by atoms with van der Waals surface area (Å²) in [5, 5.41) is 0. The third-order valence-electron chi connectivity index (χ3n) is 1.92. The first kappa shape index (κ1) is 10.3. The van der Waals surface area contributed by atoms with Crippen molar-refractivity contribution in [2.75, 3.05) is 0 Å². The van der Waals surface area contributed by atoms with Crippen LogP contribution in [0.5, 0.6) is 0 Å². The topological polar surface area (TPSA) is 13.1 Å². The van der Waals surface area contributed by atoms with Crippen LogP contribution in [0.25, 0.3) is 0 Å². The minimum absolute atomic E-state index is 1.05. The van der Waals surface area contributed by atoms with Crippen LogP contribution in [-0.4, -0.2) is 0 Å². The molecule has 1 heteroatoms. The Balaban J connectivity index is 0.000000461. The van der Waals surface area contributed by atoms with Crippen molar-refractivity contribution in [1.82, 2.24) is 0 Å². The maximum atomic E-state index is 5.34. The highest BCUT2D eigenvalue weighted by atomic mass is 16.3. The van der Waals surface area contributed by atoms with Gasteiger partial charge >= 0.3 is 0 Å². The Hall–Kier alpha value is -0.720. The van der Waals surface area contributed by atoms with Crippen LogP contribution in [0.4, 0.5) is 0 Å². The molecular weight excluding hydrogens is 136 g/mol. The lowest BCUT2D eigenvalue weighted by atomic mass is 10.2. The molecule has 1 aromatic heterocycles. The average Bonchev–Trinajstić information content (AvgIpc) is 2.22. The highest BCUT2D eigenvalue weighted by Gasteiger charge is 2.04. The zero-order chi connectivity index (χ0) is 9.02. The van der Waals surface area contributed by atoms with Crippen LogP contribution in [0, 0.1) is 27.7 Å². The van der Waals surface area contributed by atoms with Crippen molar-refractivity contribution in [3.05, 3.63) is 22.6 Å². The Morgan fingerprint density at radius 1 is 0.727 bits per heavy atom. The molecule has 0 aromatic carbocycles. The number of hydrogen-bond donors (Lipinski definition) is 0. The molecule has 1 heterocycles. The second-order valence-electron chi connectivity index (χ2n) is 2.46. The van der Waals surface area contributed by atoms with Crippen LogP contribution >= 0.6 is 0 Å². The van der Waals surface area contributed by atoms with E-state index in [1.165, 1.54) is 11.1 Å². The molecule has 0 saturated carbocycles. The predicted octanol–water partition coefficient (Wildman–Crippen LogP) is 3.54. The maximum absolute atomic E-state index is 5.34. The molecule has 0 aliphatic heterocycles. The van der Waals surface area contributed by atoms with Crippen molar-refractivity contribution in [3.8, 4) is 0 Å². The van der Waals surface area contributed by atoms with Crippen molar-refractivity contribution in [3.63, 3.8) is 0 Å². The molecule has 0 aliphatic carbocycles. The lowest BCUT2D eigenvalue weighted by molar-refractivity contribution is 0.501. The summed E-state index contributed by atoms with van der Waals surface area (Å²) in [6.45, 7) is 12.2. The van der Waals surface area contributed by atoms with Crippen LogP contribution in [0.1, 0.15) is 36.5 Å². The lowest BCUT2D eigenvalue weighted by Gasteiger charge is -1.85. The van der Waals surface area contributed by atoms with E-state index >= 15 is 0 Å². The zero-order valence-electron chi connectivity index (χ0n) is 8.41. The van der Waals surface area contributed by atoms with Crippen molar-refractivity contribution in [2.45, 2.75) is 41.5 Å². The van der Waals surface area contributed by atoms with Crippen LogP contribution in [-0.2, 0) is 0 Å². The summed E-state index contributed by atoms with van der Waals surface area (Å²) in [5.41, 5.74) is 2.57. The second kappa shape index (κ2) is 4.22. The van der Waals surface area contributed by atoms with Gasteiger partial charge in [-0.1, -0.05) is 13.8 Å². The fraction of sp³-hybridized carbons (Fsp3) is 0.600. The van der Waals surface area contributed by atoms with Gasteiger partial charge in [0, 0.05) is 0 Å². The molecule has 0 amide bonds. The molecule has 0 N–H and O–H groups in total. The molecule has 0 unspecified atom stereocenters. The third-order valence-corrected chi connectivity index (χ3v) is 1.92. The standard InChI is InChI=1S/C8H12O.C2H6/c1-5-6(2)8(4)9-7(5)3;1-2/h1-4H3;1-2H3. The van der Waals surface area contributed by atoms with E-state index in [0.29, 0.717) is 0 Å². The van der Waals surface area contributed by atoms with E-state index in [1.54, 1.807) is 0 Å². The van der Waals surface area contributed by atoms with Gasteiger partial charge in [0.25, 0.3) is 0 Å². The quantitative estimate of drug-likeness (QED) is 0.557. The average molecular weight is 154 g/mol. The van der Waals surface area contributed by atoms with Gasteiger partial charge < -0.3 is 4.42 Å². The van der Waals surface area contributed by atoms with Crippen LogP contribution in [0.15, 0.2) is 4.42 Å². The highest BCUT2D eigenvalue weighted by Crippen LogP contribution is 2.18. The summed E-state index contributed by atoms with van der Waals surface area (Å²) < 4.78 is 5.34. The number of aryl methyl sites for hydroxylation is 2. The summed E-state index contributed by atoms with van der Waals surface area (Å²) in [6, 6.07) is 0. The minimum Gasteiger partial charge on any atom is -0.466 e. The van der Waals surface area contributed by atoms with Gasteiger partial charge in [-0.25, -0.2) is 0 Å². The Labute approximate surface area is 69.4 Å². The molecule has 0 atom stereocenters. The Kier molecular flexibility index (Phi) is 3.94. The number of hydrogen-bond acceptors (Lipinski definition) is 1. The van der Waals surface area contributed by atoms with Gasteiger partial charge in [0.1, 0.15) is 11.5 Å². The molecule has 0 bridgehead atoms. The highest BCUT2D eigenvalue weighted by molar-refractivity contribution is 5.29. The molecule has 1 aromatic rings. The van der Waals surface area contributed by atoms with Crippen molar-refractivity contribution >= 4 is 0 Å². The molecule has 0 fully saturated rings. The molecule has 1 rings (SSSR count). The smallest absolute Gasteiger partial charge is 0.104 e. The lowest BCUT2D eigenvalue weighted by Crippen LogP contribution is -1.73. The van der Waals surface area contributed by atoms with Crippen LogP contribution in [0.3, 0.4) is 0 Å². The number of furan rings is 1. The Morgan fingerprint density at radius 2 is 1.00 bits per heavy atom. The summed E-state index contributed by atoms with van der Waals surface area (Å²) in [5.74, 6) is 2.09. The van der Waals surface area contributed by atoms with Crippen molar-refractivity contribution in [2.24, 2.45) is 0 Å². The van der Waals surface area contributed by atoms with Crippen LogP contribution < -0.4 is 0 Å². The minimum atomic E-state index is 1.05. The Morgan fingerprint density at radius 3 is 1.09 bits per heavy atom. The molecule has 0 aliphatic rings. The number of rotatable bonds is 0. The monoisotopic (exact) mass is 154 g/mol. The fourth-order valence-corrected chi connectivity index (χ4v) is 0.911. The summed E-state index contributed by atoms with van der Waals surface area (Å²) in [6.07, 6.45) is 0. The van der Waals surface area contributed by atoms with Gasteiger partial charge in [0.05, 0.1) is 0 Å². The zero-order valence-corrected chi connectivity index (χ0v) is 8.41. The SMILES string of the molecule is CC.Cc1oc(C)c(C)c1C. The Bertz CT molecular complexity index is 199. The van der Waals surface area contributed by atoms with E-state index in [9.17, 15) is 0 Å². The summed E-state index contributed by atoms with van der Waals surface area (Å²) in [7, 11) is 0. The first-order valence-electron chi connectivity index (χ1n) is 4.16. The van der Waals surface area contributed by atoms with E-state index in [2.05, 4.69) is 13.8 Å². The van der Waals surface area contributed by atoms with Gasteiger partial charge in [-0.3, -0.25) is 0 Å². The van der Waals surface area contributed by atoms with Gasteiger partial charge in [0.2, 0.25) is 0 Å². The predicted molar refractivity (Wildman–Crippen MR) is 49.0 cm³/mol. The molecule has 0 spiro atoms. The second-order valence-corrected chi connectivity index (χ2v) is 2.46. The normalized spacial score (nSPS) is 8.91. The summed E-state index contributed by atoms with van der Waals surface area (Å²) >= 11 is 0. The molecule has 0 radical (unpaired) electrons. The maximum Gasteiger partial charge on any atom is 0.104 e. The van der Waals surface area contributed by atoms with Gasteiger partial charge in [-0.05, 0) is 38.8 Å². The van der Waals surface area contributed by atoms with E-state index in [0.717, 1.165) is 11.5 Å². The van der Waals surface area contributed by atoms with E-state index < -0.39 is 0 Å². The first-order chi connectivity index (χ1) is 5.13. The van der Waals surface area contributed by atoms with Gasteiger partial charge in [-0.2, -0.15) is 0 Å². The first-order valence-corrected chi connectivity index (χ1v) is 4.16. The van der Waals surface area contributed by atoms with Crippen molar-refractivity contribution in [1.29, 1.82) is 0 Å². The largest absolute Gasteiger partial charge is 0.466 e. The molecule has 11 heavy (non-hydrogen) atoms. The van der Waals surface area contributed by atoms with E-state index in [4.69, 9.17) is 4.42 Å². The van der Waals surface area contributed by atoms with Gasteiger partial charge in [0.15, 0.2) is 0 Å². The molecule has 1 nitrogen and oxygen atoms in total. The summed E-state index contributed by atoms with van der Waals surface area (Å²) in [4.78, 5) is 0. The molecule has 64 valence electrons. The molecular formula is C10H18O. The van der Waals surface area contributed by atoms with Crippen LogP contribution in [0.2, 0.25) is 0 Å². The van der Waals surface area contributed by atoms with Crippen molar-refractivity contribution < 1.29 is 4.42 Å². The van der Waals surface area contributed by atoms with E-state index in [-0.39, 0.29) is 0 Å². The van der Waals surface area contributed by atoms with E-state index in [1.807, 2.05) is 27.7 Å².